The molecule has 4 nitrogen and oxygen atoms in total. The predicted molar refractivity (Wildman–Crippen MR) is 97.0 cm³/mol. The summed E-state index contributed by atoms with van der Waals surface area (Å²) in [5, 5.41) is 10.7. The highest BCUT2D eigenvalue weighted by molar-refractivity contribution is 6.33. The average molecular weight is 350 g/mol. The highest BCUT2D eigenvalue weighted by Crippen LogP contribution is 2.32. The van der Waals surface area contributed by atoms with Crippen LogP contribution in [0.1, 0.15) is 16.8 Å². The van der Waals surface area contributed by atoms with Crippen LogP contribution in [0.2, 0.25) is 5.02 Å². The quantitative estimate of drug-likeness (QED) is 0.672. The number of oxazole rings is 1. The fourth-order valence-corrected chi connectivity index (χ4v) is 2.82. The predicted octanol–water partition coefficient (Wildman–Crippen LogP) is 4.84. The van der Waals surface area contributed by atoms with Crippen LogP contribution in [0.4, 0.5) is 0 Å². The van der Waals surface area contributed by atoms with E-state index in [9.17, 15) is 9.90 Å². The zero-order valence-electron chi connectivity index (χ0n) is 12.9. The Hall–Kier alpha value is -3.11. The van der Waals surface area contributed by atoms with Gasteiger partial charge in [-0.05, 0) is 47.5 Å². The molecule has 0 unspecified atom stereocenters. The summed E-state index contributed by atoms with van der Waals surface area (Å²) in [6.07, 6.45) is 4.82. The first-order chi connectivity index (χ1) is 12.1. The number of ketones is 1. The van der Waals surface area contributed by atoms with Crippen LogP contribution in [0, 0.1) is 0 Å². The average Bonchev–Trinajstić information content (AvgIpc) is 2.99. The molecule has 0 radical (unpaired) electrons. The highest BCUT2D eigenvalue weighted by atomic mass is 35.5. The maximum Gasteiger partial charge on any atom is 0.310 e. The van der Waals surface area contributed by atoms with Crippen LogP contribution < -0.4 is 0 Å². The van der Waals surface area contributed by atoms with Crippen molar-refractivity contribution in [1.82, 2.24) is 4.98 Å². The van der Waals surface area contributed by atoms with Crippen LogP contribution in [0.15, 0.2) is 59.0 Å². The van der Waals surface area contributed by atoms with Gasteiger partial charge in [-0.1, -0.05) is 41.9 Å². The van der Waals surface area contributed by atoms with Crippen molar-refractivity contribution in [1.29, 1.82) is 0 Å². The largest absolute Gasteiger partial charge is 0.479 e. The van der Waals surface area contributed by atoms with Crippen LogP contribution in [-0.2, 0) is 4.79 Å². The summed E-state index contributed by atoms with van der Waals surface area (Å²) in [7, 11) is 0. The van der Waals surface area contributed by atoms with E-state index in [0.29, 0.717) is 16.2 Å². The molecule has 1 N–H and O–H groups in total. The van der Waals surface area contributed by atoms with Crippen LogP contribution in [-0.4, -0.2) is 15.9 Å². The minimum atomic E-state index is -0.336. The van der Waals surface area contributed by atoms with Gasteiger partial charge in [0.2, 0.25) is 5.89 Å². The van der Waals surface area contributed by atoms with E-state index in [4.69, 9.17) is 16.0 Å². The molecule has 3 aromatic rings. The van der Waals surface area contributed by atoms with E-state index in [-0.39, 0.29) is 23.3 Å². The van der Waals surface area contributed by atoms with Gasteiger partial charge in [0.05, 0.1) is 0 Å². The van der Waals surface area contributed by atoms with E-state index >= 15 is 0 Å². The van der Waals surface area contributed by atoms with E-state index in [2.05, 4.69) is 4.98 Å². The normalized spacial score (nSPS) is 14.8. The number of hydrogen-bond acceptors (Lipinski definition) is 4. The molecule has 0 fully saturated rings. The van der Waals surface area contributed by atoms with E-state index in [1.165, 1.54) is 6.08 Å². The number of aromatic nitrogens is 1. The minimum Gasteiger partial charge on any atom is -0.479 e. The standard InChI is InChI=1S/C20H12ClNO3/c21-14-8-5-13(6-9-14)19-22-17(20(24)25-19)11-16-15-4-2-1-3-12(15)7-10-18(16)23/h1-11,24H/b16-11+. The zero-order chi connectivity index (χ0) is 17.4. The first-order valence-corrected chi connectivity index (χ1v) is 7.99. The molecule has 1 heterocycles. The second kappa shape index (κ2) is 6.07. The number of allylic oxidation sites excluding steroid dienone is 2. The van der Waals surface area contributed by atoms with Crippen LogP contribution in [0.25, 0.3) is 29.2 Å². The Morgan fingerprint density at radius 2 is 1.80 bits per heavy atom. The van der Waals surface area contributed by atoms with Crippen molar-refractivity contribution >= 4 is 35.1 Å². The number of carbonyl (C=O) groups excluding carboxylic acids is 1. The Morgan fingerprint density at radius 1 is 1.04 bits per heavy atom. The van der Waals surface area contributed by atoms with E-state index in [1.54, 1.807) is 36.4 Å². The van der Waals surface area contributed by atoms with Gasteiger partial charge in [0.25, 0.3) is 0 Å². The SMILES string of the molecule is O=C1C=Cc2ccccc2/C1=C\c1nc(-c2ccc(Cl)cc2)oc1O. The number of rotatable bonds is 2. The summed E-state index contributed by atoms with van der Waals surface area (Å²) < 4.78 is 5.33. The minimum absolute atomic E-state index is 0.144. The molecule has 1 aromatic heterocycles. The number of aromatic hydroxyl groups is 1. The third-order valence-corrected chi connectivity index (χ3v) is 4.19. The Morgan fingerprint density at radius 3 is 2.60 bits per heavy atom. The van der Waals surface area contributed by atoms with Crippen molar-refractivity contribution in [2.45, 2.75) is 0 Å². The van der Waals surface area contributed by atoms with Crippen molar-refractivity contribution in [3.05, 3.63) is 76.5 Å². The lowest BCUT2D eigenvalue weighted by Gasteiger charge is -2.12. The van der Waals surface area contributed by atoms with Gasteiger partial charge in [0, 0.05) is 16.2 Å². The van der Waals surface area contributed by atoms with E-state index < -0.39 is 0 Å². The molecule has 0 aliphatic heterocycles. The van der Waals surface area contributed by atoms with Gasteiger partial charge >= 0.3 is 5.95 Å². The number of fused-ring (bicyclic) bond motifs is 1. The summed E-state index contributed by atoms with van der Waals surface area (Å²) in [5.41, 5.74) is 3.09. The molecule has 0 atom stereocenters. The fraction of sp³-hybridized carbons (Fsp3) is 0. The Bertz CT molecular complexity index is 1030. The molecule has 0 saturated carbocycles. The van der Waals surface area contributed by atoms with E-state index in [1.807, 2.05) is 24.3 Å². The van der Waals surface area contributed by atoms with E-state index in [0.717, 1.165) is 11.1 Å². The molecular weight excluding hydrogens is 338 g/mol. The van der Waals surface area contributed by atoms with Crippen molar-refractivity contribution < 1.29 is 14.3 Å². The molecule has 25 heavy (non-hydrogen) atoms. The van der Waals surface area contributed by atoms with Gasteiger partial charge in [-0.2, -0.15) is 0 Å². The van der Waals surface area contributed by atoms with Crippen molar-refractivity contribution in [2.24, 2.45) is 0 Å². The topological polar surface area (TPSA) is 63.3 Å². The second-order valence-electron chi connectivity index (χ2n) is 5.56. The van der Waals surface area contributed by atoms with Crippen molar-refractivity contribution in [3.63, 3.8) is 0 Å². The Labute approximate surface area is 148 Å². The molecule has 2 aromatic carbocycles. The number of benzene rings is 2. The summed E-state index contributed by atoms with van der Waals surface area (Å²) in [5.74, 6) is -0.223. The van der Waals surface area contributed by atoms with Crippen LogP contribution in [0.3, 0.4) is 0 Å². The van der Waals surface area contributed by atoms with Crippen LogP contribution >= 0.6 is 11.6 Å². The number of carbonyl (C=O) groups is 1. The molecule has 0 bridgehead atoms. The molecule has 122 valence electrons. The summed E-state index contributed by atoms with van der Waals surface area (Å²) in [6.45, 7) is 0. The second-order valence-corrected chi connectivity index (χ2v) is 6.00. The van der Waals surface area contributed by atoms with Gasteiger partial charge in [0.1, 0.15) is 5.69 Å². The van der Waals surface area contributed by atoms with Gasteiger partial charge < -0.3 is 9.52 Å². The molecule has 0 amide bonds. The molecule has 1 aliphatic rings. The summed E-state index contributed by atoms with van der Waals surface area (Å²) in [4.78, 5) is 16.6. The number of hydrogen-bond donors (Lipinski definition) is 1. The number of nitrogens with zero attached hydrogens (tertiary/aromatic N) is 1. The molecule has 1 aliphatic carbocycles. The smallest absolute Gasteiger partial charge is 0.310 e. The monoisotopic (exact) mass is 349 g/mol. The molecule has 0 spiro atoms. The highest BCUT2D eigenvalue weighted by Gasteiger charge is 2.19. The zero-order valence-corrected chi connectivity index (χ0v) is 13.7. The third kappa shape index (κ3) is 2.88. The van der Waals surface area contributed by atoms with Gasteiger partial charge in [-0.25, -0.2) is 4.98 Å². The lowest BCUT2D eigenvalue weighted by molar-refractivity contribution is -0.109. The molecule has 0 saturated heterocycles. The summed E-state index contributed by atoms with van der Waals surface area (Å²) >= 11 is 5.87. The van der Waals surface area contributed by atoms with Gasteiger partial charge in [0.15, 0.2) is 5.78 Å². The van der Waals surface area contributed by atoms with Gasteiger partial charge in [-0.15, -0.1) is 0 Å². The lowest BCUT2D eigenvalue weighted by Crippen LogP contribution is -2.04. The van der Waals surface area contributed by atoms with Gasteiger partial charge in [-0.3, -0.25) is 4.79 Å². The first-order valence-electron chi connectivity index (χ1n) is 7.61. The summed E-state index contributed by atoms with van der Waals surface area (Å²) in [6, 6.07) is 14.5. The molecular formula is C20H12ClNO3. The number of halogens is 1. The molecule has 5 heteroatoms. The Kier molecular flexibility index (Phi) is 3.75. The van der Waals surface area contributed by atoms with Crippen molar-refractivity contribution in [2.75, 3.05) is 0 Å². The Balaban J connectivity index is 1.78. The van der Waals surface area contributed by atoms with Crippen LogP contribution in [0.5, 0.6) is 5.95 Å². The fourth-order valence-electron chi connectivity index (χ4n) is 2.70. The maximum absolute atomic E-state index is 12.3. The lowest BCUT2D eigenvalue weighted by atomic mass is 9.91. The third-order valence-electron chi connectivity index (χ3n) is 3.94. The van der Waals surface area contributed by atoms with Crippen molar-refractivity contribution in [3.8, 4) is 17.4 Å². The maximum atomic E-state index is 12.3. The first kappa shape index (κ1) is 15.4. The molecule has 4 rings (SSSR count).